The molecule has 1 aromatic rings. The third kappa shape index (κ3) is 2.02. The van der Waals surface area contributed by atoms with E-state index in [-0.39, 0.29) is 11.5 Å². The fourth-order valence-corrected chi connectivity index (χ4v) is 2.23. The third-order valence-corrected chi connectivity index (χ3v) is 2.99. The minimum atomic E-state index is -0.974. The van der Waals surface area contributed by atoms with Crippen molar-refractivity contribution in [3.8, 4) is 0 Å². The van der Waals surface area contributed by atoms with Gasteiger partial charge in [-0.05, 0) is 24.5 Å². The Morgan fingerprint density at radius 3 is 2.82 bits per heavy atom. The molecule has 0 radical (unpaired) electrons. The minimum absolute atomic E-state index is 0.0138. The maximum atomic E-state index is 11.9. The van der Waals surface area contributed by atoms with Gasteiger partial charge in [0.1, 0.15) is 0 Å². The lowest BCUT2D eigenvalue weighted by atomic mass is 10.1. The molecular weight excluding hydrogens is 218 g/mol. The highest BCUT2D eigenvalue weighted by atomic mass is 16.4. The Morgan fingerprint density at radius 1 is 1.41 bits per heavy atom. The summed E-state index contributed by atoms with van der Waals surface area (Å²) in [5, 5.41) is 9.14. The SMILES string of the molecule is CCCC(=O)N1CCc2cccc(C(=O)O)c21. The number of aromatic carboxylic acids is 1. The summed E-state index contributed by atoms with van der Waals surface area (Å²) in [6.07, 6.45) is 1.99. The molecule has 1 heterocycles. The molecule has 0 unspecified atom stereocenters. The van der Waals surface area contributed by atoms with Crippen LogP contribution in [0.5, 0.6) is 0 Å². The second-order valence-corrected chi connectivity index (χ2v) is 4.16. The van der Waals surface area contributed by atoms with Gasteiger partial charge in [-0.15, -0.1) is 0 Å². The number of carboxylic acids is 1. The number of hydrogen-bond donors (Lipinski definition) is 1. The molecule has 0 aromatic heterocycles. The molecule has 1 N–H and O–H groups in total. The van der Waals surface area contributed by atoms with Crippen molar-refractivity contribution in [1.82, 2.24) is 0 Å². The molecule has 1 aliphatic heterocycles. The molecule has 1 aromatic carbocycles. The van der Waals surface area contributed by atoms with Gasteiger partial charge in [0, 0.05) is 13.0 Å². The predicted molar refractivity (Wildman–Crippen MR) is 64.4 cm³/mol. The van der Waals surface area contributed by atoms with Gasteiger partial charge in [-0.3, -0.25) is 4.79 Å². The van der Waals surface area contributed by atoms with E-state index in [9.17, 15) is 9.59 Å². The number of anilines is 1. The summed E-state index contributed by atoms with van der Waals surface area (Å²) in [4.78, 5) is 24.7. The Balaban J connectivity index is 2.42. The number of carbonyl (C=O) groups is 2. The van der Waals surface area contributed by atoms with E-state index in [4.69, 9.17) is 5.11 Å². The fraction of sp³-hybridized carbons (Fsp3) is 0.385. The Bertz CT molecular complexity index is 468. The lowest BCUT2D eigenvalue weighted by molar-refractivity contribution is -0.118. The Labute approximate surface area is 99.9 Å². The van der Waals surface area contributed by atoms with Crippen molar-refractivity contribution >= 4 is 17.6 Å². The van der Waals surface area contributed by atoms with Crippen LogP contribution in [0.2, 0.25) is 0 Å². The number of carboxylic acid groups (broad SMARTS) is 1. The Hall–Kier alpha value is -1.84. The number of para-hydroxylation sites is 1. The predicted octanol–water partition coefficient (Wildman–Crippen LogP) is 2.07. The minimum Gasteiger partial charge on any atom is -0.478 e. The van der Waals surface area contributed by atoms with Crippen LogP contribution in [-0.2, 0) is 11.2 Å². The van der Waals surface area contributed by atoms with Gasteiger partial charge in [0.2, 0.25) is 5.91 Å². The van der Waals surface area contributed by atoms with Crippen molar-refractivity contribution in [2.24, 2.45) is 0 Å². The van der Waals surface area contributed by atoms with Gasteiger partial charge in [0.15, 0.2) is 0 Å². The lowest BCUT2D eigenvalue weighted by Gasteiger charge is -2.18. The van der Waals surface area contributed by atoms with E-state index < -0.39 is 5.97 Å². The molecule has 90 valence electrons. The summed E-state index contributed by atoms with van der Waals surface area (Å²) in [6, 6.07) is 5.18. The molecular formula is C13H15NO3. The number of carbonyl (C=O) groups excluding carboxylic acids is 1. The standard InChI is InChI=1S/C13H15NO3/c1-2-4-11(15)14-8-7-9-5-3-6-10(12(9)14)13(16)17/h3,5-6H,2,4,7-8H2,1H3,(H,16,17). The maximum absolute atomic E-state index is 11.9. The van der Waals surface area contributed by atoms with Gasteiger partial charge in [-0.2, -0.15) is 0 Å². The van der Waals surface area contributed by atoms with E-state index in [1.54, 1.807) is 17.0 Å². The average Bonchev–Trinajstić information content (AvgIpc) is 2.72. The van der Waals surface area contributed by atoms with Crippen LogP contribution in [0, 0.1) is 0 Å². The molecule has 0 spiro atoms. The van der Waals surface area contributed by atoms with Crippen molar-refractivity contribution in [3.05, 3.63) is 29.3 Å². The summed E-state index contributed by atoms with van der Waals surface area (Å²) in [6.45, 7) is 2.54. The lowest BCUT2D eigenvalue weighted by Crippen LogP contribution is -2.29. The Morgan fingerprint density at radius 2 is 2.18 bits per heavy atom. The highest BCUT2D eigenvalue weighted by Crippen LogP contribution is 2.32. The van der Waals surface area contributed by atoms with Gasteiger partial charge < -0.3 is 10.0 Å². The molecule has 4 nitrogen and oxygen atoms in total. The molecule has 17 heavy (non-hydrogen) atoms. The van der Waals surface area contributed by atoms with Crippen LogP contribution in [0.15, 0.2) is 18.2 Å². The zero-order valence-corrected chi connectivity index (χ0v) is 9.77. The molecule has 0 aliphatic carbocycles. The van der Waals surface area contributed by atoms with Gasteiger partial charge in [-0.1, -0.05) is 19.1 Å². The summed E-state index contributed by atoms with van der Waals surface area (Å²) in [5.74, 6) is -0.960. The number of hydrogen-bond acceptors (Lipinski definition) is 2. The molecule has 4 heteroatoms. The van der Waals surface area contributed by atoms with Gasteiger partial charge >= 0.3 is 5.97 Å². The molecule has 0 atom stereocenters. The zero-order valence-electron chi connectivity index (χ0n) is 9.77. The largest absolute Gasteiger partial charge is 0.478 e. The van der Waals surface area contributed by atoms with Crippen LogP contribution in [0.4, 0.5) is 5.69 Å². The van der Waals surface area contributed by atoms with Gasteiger partial charge in [-0.25, -0.2) is 4.79 Å². The van der Waals surface area contributed by atoms with E-state index in [2.05, 4.69) is 0 Å². The van der Waals surface area contributed by atoms with Crippen LogP contribution in [0.25, 0.3) is 0 Å². The number of amides is 1. The van der Waals surface area contributed by atoms with Crippen LogP contribution >= 0.6 is 0 Å². The zero-order chi connectivity index (χ0) is 12.4. The van der Waals surface area contributed by atoms with E-state index >= 15 is 0 Å². The first kappa shape index (κ1) is 11.6. The molecule has 1 aliphatic rings. The molecule has 0 bridgehead atoms. The van der Waals surface area contributed by atoms with Crippen molar-refractivity contribution in [3.63, 3.8) is 0 Å². The van der Waals surface area contributed by atoms with Crippen LogP contribution < -0.4 is 4.90 Å². The molecule has 0 saturated carbocycles. The number of rotatable bonds is 3. The smallest absolute Gasteiger partial charge is 0.337 e. The number of benzene rings is 1. The van der Waals surface area contributed by atoms with Crippen LogP contribution in [-0.4, -0.2) is 23.5 Å². The summed E-state index contributed by atoms with van der Waals surface area (Å²) in [5.41, 5.74) is 1.78. The first-order valence-corrected chi connectivity index (χ1v) is 5.80. The summed E-state index contributed by atoms with van der Waals surface area (Å²) >= 11 is 0. The van der Waals surface area contributed by atoms with Crippen LogP contribution in [0.1, 0.15) is 35.7 Å². The molecule has 2 rings (SSSR count). The molecule has 1 amide bonds. The van der Waals surface area contributed by atoms with E-state index in [0.717, 1.165) is 18.4 Å². The van der Waals surface area contributed by atoms with Crippen molar-refractivity contribution < 1.29 is 14.7 Å². The first-order chi connectivity index (χ1) is 8.15. The van der Waals surface area contributed by atoms with E-state index in [1.807, 2.05) is 13.0 Å². The summed E-state index contributed by atoms with van der Waals surface area (Å²) in [7, 11) is 0. The number of fused-ring (bicyclic) bond motifs is 1. The maximum Gasteiger partial charge on any atom is 0.337 e. The molecule has 0 saturated heterocycles. The van der Waals surface area contributed by atoms with E-state index in [1.165, 1.54) is 0 Å². The fourth-order valence-electron chi connectivity index (χ4n) is 2.23. The topological polar surface area (TPSA) is 57.6 Å². The summed E-state index contributed by atoms with van der Waals surface area (Å²) < 4.78 is 0. The van der Waals surface area contributed by atoms with Gasteiger partial charge in [0.05, 0.1) is 11.3 Å². The average molecular weight is 233 g/mol. The monoisotopic (exact) mass is 233 g/mol. The highest BCUT2D eigenvalue weighted by molar-refractivity contribution is 6.04. The highest BCUT2D eigenvalue weighted by Gasteiger charge is 2.28. The van der Waals surface area contributed by atoms with Crippen molar-refractivity contribution in [1.29, 1.82) is 0 Å². The van der Waals surface area contributed by atoms with Crippen molar-refractivity contribution in [2.75, 3.05) is 11.4 Å². The first-order valence-electron chi connectivity index (χ1n) is 5.80. The van der Waals surface area contributed by atoms with Gasteiger partial charge in [0.25, 0.3) is 0 Å². The number of nitrogens with zero attached hydrogens (tertiary/aromatic N) is 1. The normalized spacial score (nSPS) is 13.6. The van der Waals surface area contributed by atoms with E-state index in [0.29, 0.717) is 18.7 Å². The third-order valence-electron chi connectivity index (χ3n) is 2.99. The molecule has 0 fully saturated rings. The second-order valence-electron chi connectivity index (χ2n) is 4.16. The van der Waals surface area contributed by atoms with Crippen LogP contribution in [0.3, 0.4) is 0 Å². The van der Waals surface area contributed by atoms with Crippen molar-refractivity contribution in [2.45, 2.75) is 26.2 Å². The quantitative estimate of drug-likeness (QED) is 0.869. The Kier molecular flexibility index (Phi) is 3.13. The second kappa shape index (κ2) is 4.57.